The summed E-state index contributed by atoms with van der Waals surface area (Å²) in [7, 11) is 0. The van der Waals surface area contributed by atoms with Crippen LogP contribution >= 0.6 is 11.3 Å². The Morgan fingerprint density at radius 3 is 2.92 bits per heavy atom. The van der Waals surface area contributed by atoms with Crippen LogP contribution in [-0.2, 0) is 15.1 Å². The van der Waals surface area contributed by atoms with Gasteiger partial charge in [-0.25, -0.2) is 9.78 Å². The highest BCUT2D eigenvalue weighted by molar-refractivity contribution is 7.13. The van der Waals surface area contributed by atoms with Gasteiger partial charge in [0, 0.05) is 12.8 Å². The van der Waals surface area contributed by atoms with E-state index in [9.17, 15) is 14.7 Å². The summed E-state index contributed by atoms with van der Waals surface area (Å²) >= 11 is 1.31. The number of nitrogens with zero attached hydrogens (tertiary/aromatic N) is 3. The molecule has 0 aromatic carbocycles. The summed E-state index contributed by atoms with van der Waals surface area (Å²) < 4.78 is 6.86. The van der Waals surface area contributed by atoms with Crippen molar-refractivity contribution in [3.63, 3.8) is 0 Å². The quantitative estimate of drug-likeness (QED) is 0.857. The molecule has 0 aliphatic carbocycles. The Labute approximate surface area is 142 Å². The number of thiazole rings is 1. The Kier molecular flexibility index (Phi) is 4.37. The molecule has 24 heavy (non-hydrogen) atoms. The molecule has 1 aliphatic rings. The molecule has 1 saturated heterocycles. The Hall–Kier alpha value is -2.26. The van der Waals surface area contributed by atoms with Crippen LogP contribution in [0.2, 0.25) is 0 Å². The molecule has 1 amide bonds. The van der Waals surface area contributed by atoms with Gasteiger partial charge in [0.05, 0.1) is 18.1 Å². The van der Waals surface area contributed by atoms with E-state index < -0.39 is 11.5 Å². The summed E-state index contributed by atoms with van der Waals surface area (Å²) in [6, 6.07) is 0. The second kappa shape index (κ2) is 6.33. The summed E-state index contributed by atoms with van der Waals surface area (Å²) in [5.74, 6) is -1.31. The molecule has 8 nitrogen and oxygen atoms in total. The first-order valence-corrected chi connectivity index (χ1v) is 8.37. The van der Waals surface area contributed by atoms with Crippen molar-refractivity contribution in [2.24, 2.45) is 0 Å². The van der Waals surface area contributed by atoms with Crippen LogP contribution < -0.4 is 5.32 Å². The van der Waals surface area contributed by atoms with Crippen molar-refractivity contribution >= 4 is 28.9 Å². The normalized spacial score (nSPS) is 17.8. The zero-order valence-electron chi connectivity index (χ0n) is 13.4. The number of hydrogen-bond donors (Lipinski definition) is 2. The largest absolute Gasteiger partial charge is 0.479 e. The van der Waals surface area contributed by atoms with Crippen LogP contribution in [0, 0.1) is 0 Å². The van der Waals surface area contributed by atoms with Gasteiger partial charge in [0.2, 0.25) is 0 Å². The van der Waals surface area contributed by atoms with Gasteiger partial charge in [-0.3, -0.25) is 9.48 Å². The third-order valence-corrected chi connectivity index (χ3v) is 4.98. The summed E-state index contributed by atoms with van der Waals surface area (Å²) in [5, 5.41) is 16.7. The standard InChI is InChI=1S/C15H18N4O4S/c1-15(2,14(21)22)19-8-9(6-17-19)18-12(20)11-7-16-13(24-11)10-4-3-5-23-10/h6-8,10H,3-5H2,1-2H3,(H,18,20)(H,21,22). The lowest BCUT2D eigenvalue weighted by Crippen LogP contribution is -2.35. The lowest BCUT2D eigenvalue weighted by Gasteiger charge is -2.19. The summed E-state index contributed by atoms with van der Waals surface area (Å²) in [5.41, 5.74) is -0.762. The Balaban J connectivity index is 1.69. The fourth-order valence-electron chi connectivity index (χ4n) is 2.30. The molecular formula is C15H18N4O4S. The van der Waals surface area contributed by atoms with E-state index in [1.54, 1.807) is 0 Å². The average molecular weight is 350 g/mol. The van der Waals surface area contributed by atoms with Crippen molar-refractivity contribution < 1.29 is 19.4 Å². The Bertz CT molecular complexity index is 761. The molecule has 1 aliphatic heterocycles. The van der Waals surface area contributed by atoms with Crippen molar-refractivity contribution in [1.82, 2.24) is 14.8 Å². The smallest absolute Gasteiger partial charge is 0.331 e. The highest BCUT2D eigenvalue weighted by atomic mass is 32.1. The molecule has 9 heteroatoms. The van der Waals surface area contributed by atoms with E-state index in [1.807, 2.05) is 0 Å². The number of hydrogen-bond acceptors (Lipinski definition) is 6. The van der Waals surface area contributed by atoms with Crippen molar-refractivity contribution in [3.8, 4) is 0 Å². The molecule has 0 spiro atoms. The monoisotopic (exact) mass is 350 g/mol. The van der Waals surface area contributed by atoms with Crippen molar-refractivity contribution in [3.05, 3.63) is 28.5 Å². The third kappa shape index (κ3) is 3.17. The minimum Gasteiger partial charge on any atom is -0.479 e. The van der Waals surface area contributed by atoms with E-state index in [1.165, 1.54) is 48.5 Å². The fourth-order valence-corrected chi connectivity index (χ4v) is 3.19. The Morgan fingerprint density at radius 1 is 1.46 bits per heavy atom. The third-order valence-electron chi connectivity index (χ3n) is 3.89. The second-order valence-electron chi connectivity index (χ2n) is 6.06. The number of nitrogens with one attached hydrogen (secondary N) is 1. The number of aromatic nitrogens is 3. The van der Waals surface area contributed by atoms with Crippen LogP contribution in [0.25, 0.3) is 0 Å². The predicted molar refractivity (Wildman–Crippen MR) is 87.2 cm³/mol. The number of carbonyl (C=O) groups excluding carboxylic acids is 1. The molecule has 128 valence electrons. The number of carbonyl (C=O) groups is 2. The highest BCUT2D eigenvalue weighted by Crippen LogP contribution is 2.31. The van der Waals surface area contributed by atoms with Gasteiger partial charge in [-0.05, 0) is 26.7 Å². The van der Waals surface area contributed by atoms with Gasteiger partial charge < -0.3 is 15.2 Å². The molecule has 1 atom stereocenters. The molecule has 2 aromatic rings. The second-order valence-corrected chi connectivity index (χ2v) is 7.12. The van der Waals surface area contributed by atoms with Gasteiger partial charge in [0.1, 0.15) is 16.0 Å². The summed E-state index contributed by atoms with van der Waals surface area (Å²) in [6.07, 6.45) is 6.35. The number of carboxylic acids is 1. The molecule has 3 rings (SSSR count). The van der Waals surface area contributed by atoms with Gasteiger partial charge in [0.15, 0.2) is 5.54 Å². The van der Waals surface area contributed by atoms with Crippen LogP contribution in [0.5, 0.6) is 0 Å². The first-order valence-electron chi connectivity index (χ1n) is 7.55. The van der Waals surface area contributed by atoms with Crippen LogP contribution in [0.15, 0.2) is 18.6 Å². The average Bonchev–Trinajstić information content (AvgIpc) is 3.27. The molecule has 1 unspecified atom stereocenters. The lowest BCUT2D eigenvalue weighted by molar-refractivity contribution is -0.146. The molecule has 0 radical (unpaired) electrons. The molecule has 3 heterocycles. The first kappa shape index (κ1) is 16.6. The van der Waals surface area contributed by atoms with Crippen molar-refractivity contribution in [2.45, 2.75) is 38.3 Å². The maximum Gasteiger partial charge on any atom is 0.331 e. The van der Waals surface area contributed by atoms with E-state index in [-0.39, 0.29) is 12.0 Å². The zero-order chi connectivity index (χ0) is 17.3. The van der Waals surface area contributed by atoms with Crippen LogP contribution in [0.3, 0.4) is 0 Å². The number of rotatable bonds is 5. The molecule has 2 N–H and O–H groups in total. The van der Waals surface area contributed by atoms with Crippen LogP contribution in [0.4, 0.5) is 5.69 Å². The van der Waals surface area contributed by atoms with Gasteiger partial charge >= 0.3 is 5.97 Å². The lowest BCUT2D eigenvalue weighted by atomic mass is 10.1. The SMILES string of the molecule is CC(C)(C(=O)O)n1cc(NC(=O)c2cnc(C3CCCO3)s2)cn1. The summed E-state index contributed by atoms with van der Waals surface area (Å²) in [6.45, 7) is 3.79. The van der Waals surface area contributed by atoms with Crippen molar-refractivity contribution in [1.29, 1.82) is 0 Å². The van der Waals surface area contributed by atoms with E-state index in [0.717, 1.165) is 24.5 Å². The van der Waals surface area contributed by atoms with Gasteiger partial charge in [0.25, 0.3) is 5.91 Å². The zero-order valence-corrected chi connectivity index (χ0v) is 14.2. The van der Waals surface area contributed by atoms with Gasteiger partial charge in [-0.1, -0.05) is 0 Å². The van der Waals surface area contributed by atoms with Crippen molar-refractivity contribution in [2.75, 3.05) is 11.9 Å². The van der Waals surface area contributed by atoms with Crippen LogP contribution in [0.1, 0.15) is 47.5 Å². The minimum absolute atomic E-state index is 0.0179. The molecule has 2 aromatic heterocycles. The van der Waals surface area contributed by atoms with Gasteiger partial charge in [-0.15, -0.1) is 11.3 Å². The molecule has 0 saturated carbocycles. The van der Waals surface area contributed by atoms with E-state index in [2.05, 4.69) is 15.4 Å². The van der Waals surface area contributed by atoms with E-state index in [0.29, 0.717) is 10.6 Å². The predicted octanol–water partition coefficient (Wildman–Crippen LogP) is 2.26. The van der Waals surface area contributed by atoms with Gasteiger partial charge in [-0.2, -0.15) is 5.10 Å². The minimum atomic E-state index is -1.19. The first-order chi connectivity index (χ1) is 11.4. The number of carboxylic acid groups (broad SMARTS) is 1. The maximum atomic E-state index is 12.3. The number of amides is 1. The topological polar surface area (TPSA) is 106 Å². The number of aliphatic carboxylic acids is 1. The molecule has 1 fully saturated rings. The molecular weight excluding hydrogens is 332 g/mol. The molecule has 0 bridgehead atoms. The number of ether oxygens (including phenoxy) is 1. The highest BCUT2D eigenvalue weighted by Gasteiger charge is 2.30. The van der Waals surface area contributed by atoms with E-state index >= 15 is 0 Å². The number of anilines is 1. The Morgan fingerprint density at radius 2 is 2.25 bits per heavy atom. The fraction of sp³-hybridized carbons (Fsp3) is 0.467. The van der Waals surface area contributed by atoms with Crippen LogP contribution in [-0.4, -0.2) is 38.4 Å². The summed E-state index contributed by atoms with van der Waals surface area (Å²) in [4.78, 5) is 28.3. The van der Waals surface area contributed by atoms with E-state index in [4.69, 9.17) is 4.74 Å². The maximum absolute atomic E-state index is 12.3.